The largest absolute Gasteiger partial charge is 0.370 e. The van der Waals surface area contributed by atoms with Gasteiger partial charge in [0.25, 0.3) is 5.56 Å². The number of aryl methyl sites for hydroxylation is 1. The number of hydrogen-bond donors (Lipinski definition) is 0. The monoisotopic (exact) mass is 371 g/mol. The molecule has 1 atom stereocenters. The van der Waals surface area contributed by atoms with Gasteiger partial charge in [-0.15, -0.1) is 11.3 Å². The second kappa shape index (κ2) is 6.43. The lowest BCUT2D eigenvalue weighted by Gasteiger charge is -2.33. The molecule has 0 unspecified atom stereocenters. The van der Waals surface area contributed by atoms with Gasteiger partial charge in [0.2, 0.25) is 0 Å². The number of aromatic nitrogens is 3. The number of rotatable bonds is 4. The van der Waals surface area contributed by atoms with E-state index in [0.29, 0.717) is 23.8 Å². The van der Waals surface area contributed by atoms with E-state index >= 15 is 0 Å². The highest BCUT2D eigenvalue weighted by Crippen LogP contribution is 2.35. The van der Waals surface area contributed by atoms with Gasteiger partial charge >= 0.3 is 0 Å². The molecule has 0 aromatic carbocycles. The van der Waals surface area contributed by atoms with Gasteiger partial charge < -0.3 is 4.74 Å². The summed E-state index contributed by atoms with van der Waals surface area (Å²) < 4.78 is 8.49. The third kappa shape index (κ3) is 2.95. The van der Waals surface area contributed by atoms with Crippen LogP contribution in [-0.4, -0.2) is 20.1 Å². The minimum Gasteiger partial charge on any atom is -0.370 e. The fraction of sp³-hybridized carbons (Fsp3) is 0.550. The van der Waals surface area contributed by atoms with Crippen LogP contribution >= 0.6 is 11.3 Å². The minimum atomic E-state index is -0.147. The molecule has 1 aliphatic rings. The Balaban J connectivity index is 1.82. The van der Waals surface area contributed by atoms with Gasteiger partial charge in [0.05, 0.1) is 29.7 Å². The molecule has 0 spiro atoms. The summed E-state index contributed by atoms with van der Waals surface area (Å²) in [7, 11) is 0. The van der Waals surface area contributed by atoms with Crippen molar-refractivity contribution in [3.8, 4) is 0 Å². The number of fused-ring (bicyclic) bond motifs is 4. The number of hydrogen-bond acceptors (Lipinski definition) is 5. The third-order valence-corrected chi connectivity index (χ3v) is 6.50. The molecule has 6 heteroatoms. The highest BCUT2D eigenvalue weighted by atomic mass is 32.1. The lowest BCUT2D eigenvalue weighted by atomic mass is 9.91. The zero-order chi connectivity index (χ0) is 18.5. The first-order valence-electron chi connectivity index (χ1n) is 9.34. The molecule has 0 bridgehead atoms. The van der Waals surface area contributed by atoms with Crippen molar-refractivity contribution in [2.45, 2.75) is 65.7 Å². The van der Waals surface area contributed by atoms with E-state index < -0.39 is 0 Å². The minimum absolute atomic E-state index is 0.0475. The predicted octanol–water partition coefficient (Wildman–Crippen LogP) is 4.29. The fourth-order valence-corrected chi connectivity index (χ4v) is 4.47. The van der Waals surface area contributed by atoms with E-state index in [-0.39, 0.29) is 11.2 Å². The topological polar surface area (TPSA) is 57.0 Å². The van der Waals surface area contributed by atoms with Crippen LogP contribution in [0.4, 0.5) is 0 Å². The van der Waals surface area contributed by atoms with Crippen molar-refractivity contribution in [1.82, 2.24) is 14.5 Å². The van der Waals surface area contributed by atoms with Crippen molar-refractivity contribution >= 4 is 31.8 Å². The third-order valence-electron chi connectivity index (χ3n) is 5.42. The van der Waals surface area contributed by atoms with E-state index in [1.807, 2.05) is 0 Å². The molecule has 0 saturated carbocycles. The number of pyridine rings is 1. The summed E-state index contributed by atoms with van der Waals surface area (Å²) in [6, 6.07) is 2.12. The lowest BCUT2D eigenvalue weighted by Crippen LogP contribution is -2.35. The summed E-state index contributed by atoms with van der Waals surface area (Å²) in [6.45, 7) is 9.90. The second-order valence-electron chi connectivity index (χ2n) is 7.92. The summed E-state index contributed by atoms with van der Waals surface area (Å²) in [5, 5.41) is 0.973. The molecule has 26 heavy (non-hydrogen) atoms. The van der Waals surface area contributed by atoms with Crippen molar-refractivity contribution in [3.05, 3.63) is 34.0 Å². The SMILES string of the molecule is CC[C@@]1(C)Cc2nc3sc4c(=O)n(CCC(C)C)cnc4c3cc2CO1. The average molecular weight is 372 g/mol. The molecular formula is C20H25N3O2S. The Morgan fingerprint density at radius 3 is 2.96 bits per heavy atom. The van der Waals surface area contributed by atoms with E-state index in [1.54, 1.807) is 10.9 Å². The van der Waals surface area contributed by atoms with Gasteiger partial charge in [0.1, 0.15) is 9.53 Å². The molecule has 0 fully saturated rings. The van der Waals surface area contributed by atoms with Crippen LogP contribution in [0.3, 0.4) is 0 Å². The average Bonchev–Trinajstić information content (AvgIpc) is 2.97. The van der Waals surface area contributed by atoms with Crippen molar-refractivity contribution < 1.29 is 4.74 Å². The number of nitrogens with zero attached hydrogens (tertiary/aromatic N) is 3. The Kier molecular flexibility index (Phi) is 4.35. The molecule has 0 radical (unpaired) electrons. The number of ether oxygens (including phenoxy) is 1. The Labute approximate surface area is 157 Å². The summed E-state index contributed by atoms with van der Waals surface area (Å²) in [5.74, 6) is 0.557. The van der Waals surface area contributed by atoms with E-state index in [0.717, 1.165) is 46.3 Å². The quantitative estimate of drug-likeness (QED) is 0.686. The van der Waals surface area contributed by atoms with Crippen molar-refractivity contribution in [2.24, 2.45) is 5.92 Å². The maximum atomic E-state index is 12.9. The maximum absolute atomic E-state index is 12.9. The van der Waals surface area contributed by atoms with Crippen LogP contribution in [0, 0.1) is 5.92 Å². The van der Waals surface area contributed by atoms with Crippen LogP contribution in [-0.2, 0) is 24.3 Å². The smallest absolute Gasteiger partial charge is 0.271 e. The summed E-state index contributed by atoms with van der Waals surface area (Å²) in [4.78, 5) is 23.3. The molecule has 4 heterocycles. The van der Waals surface area contributed by atoms with Crippen LogP contribution in [0.5, 0.6) is 0 Å². The molecule has 4 rings (SSSR count). The van der Waals surface area contributed by atoms with Crippen LogP contribution in [0.2, 0.25) is 0 Å². The molecular weight excluding hydrogens is 346 g/mol. The Hall–Kier alpha value is -1.79. The van der Waals surface area contributed by atoms with Gasteiger partial charge in [-0.2, -0.15) is 0 Å². The van der Waals surface area contributed by atoms with Gasteiger partial charge in [0.15, 0.2) is 0 Å². The van der Waals surface area contributed by atoms with Crippen LogP contribution < -0.4 is 5.56 Å². The first kappa shape index (κ1) is 17.6. The summed E-state index contributed by atoms with van der Waals surface area (Å²) >= 11 is 1.47. The Bertz CT molecular complexity index is 1040. The Morgan fingerprint density at radius 1 is 1.42 bits per heavy atom. The molecule has 0 amide bonds. The lowest BCUT2D eigenvalue weighted by molar-refractivity contribution is -0.0573. The molecule has 5 nitrogen and oxygen atoms in total. The molecule has 0 saturated heterocycles. The number of thiophene rings is 1. The predicted molar refractivity (Wildman–Crippen MR) is 106 cm³/mol. The summed E-state index contributed by atoms with van der Waals surface area (Å²) in [5.41, 5.74) is 2.89. The Morgan fingerprint density at radius 2 is 2.23 bits per heavy atom. The second-order valence-corrected chi connectivity index (χ2v) is 8.92. The van der Waals surface area contributed by atoms with Crippen LogP contribution in [0.1, 0.15) is 51.8 Å². The molecule has 1 aliphatic heterocycles. The van der Waals surface area contributed by atoms with E-state index in [1.165, 1.54) is 11.3 Å². The van der Waals surface area contributed by atoms with Crippen molar-refractivity contribution in [1.29, 1.82) is 0 Å². The maximum Gasteiger partial charge on any atom is 0.271 e. The first-order valence-corrected chi connectivity index (χ1v) is 10.2. The standard InChI is InChI=1S/C20H25N3O2S/c1-5-20(4)9-15-13(10-25-20)8-14-16-17(26-18(14)22-15)19(24)23(11-21-16)7-6-12(2)3/h8,11-12H,5-7,9-10H2,1-4H3/t20-/m0/s1. The van der Waals surface area contributed by atoms with Gasteiger partial charge in [-0.1, -0.05) is 20.8 Å². The van der Waals surface area contributed by atoms with Crippen molar-refractivity contribution in [3.63, 3.8) is 0 Å². The van der Waals surface area contributed by atoms with E-state index in [4.69, 9.17) is 9.72 Å². The van der Waals surface area contributed by atoms with E-state index in [9.17, 15) is 4.79 Å². The van der Waals surface area contributed by atoms with E-state index in [2.05, 4.69) is 38.7 Å². The van der Waals surface area contributed by atoms with Gasteiger partial charge in [-0.25, -0.2) is 9.97 Å². The molecule has 0 N–H and O–H groups in total. The van der Waals surface area contributed by atoms with Crippen LogP contribution in [0.25, 0.3) is 20.4 Å². The molecule has 0 aliphatic carbocycles. The molecule has 3 aromatic heterocycles. The summed E-state index contributed by atoms with van der Waals surface area (Å²) in [6.07, 6.45) is 4.43. The fourth-order valence-electron chi connectivity index (χ4n) is 3.39. The zero-order valence-corrected chi connectivity index (χ0v) is 16.7. The van der Waals surface area contributed by atoms with Gasteiger partial charge in [-0.05, 0) is 31.7 Å². The first-order chi connectivity index (χ1) is 12.4. The highest BCUT2D eigenvalue weighted by molar-refractivity contribution is 7.25. The molecule has 138 valence electrons. The van der Waals surface area contributed by atoms with Gasteiger partial charge in [-0.3, -0.25) is 9.36 Å². The molecule has 3 aromatic rings. The normalized spacial score (nSPS) is 20.2. The van der Waals surface area contributed by atoms with Gasteiger partial charge in [0, 0.05) is 23.9 Å². The van der Waals surface area contributed by atoms with Crippen molar-refractivity contribution in [2.75, 3.05) is 0 Å². The zero-order valence-electron chi connectivity index (χ0n) is 15.8. The van der Waals surface area contributed by atoms with Crippen LogP contribution in [0.15, 0.2) is 17.2 Å². The highest BCUT2D eigenvalue weighted by Gasteiger charge is 2.30.